The van der Waals surface area contributed by atoms with Gasteiger partial charge in [0.05, 0.1) is 12.4 Å². The van der Waals surface area contributed by atoms with Gasteiger partial charge in [-0.25, -0.2) is 8.78 Å². The predicted molar refractivity (Wildman–Crippen MR) is 110 cm³/mol. The zero-order valence-electron chi connectivity index (χ0n) is 16.4. The van der Waals surface area contributed by atoms with Crippen molar-refractivity contribution in [1.29, 1.82) is 0 Å². The molecule has 1 rings (SSSR count). The summed E-state index contributed by atoms with van der Waals surface area (Å²) in [5.41, 5.74) is 5.35. The van der Waals surface area contributed by atoms with Gasteiger partial charge in [-0.1, -0.05) is 0 Å². The summed E-state index contributed by atoms with van der Waals surface area (Å²) in [4.78, 5) is 24.9. The number of halogens is 2. The lowest BCUT2D eigenvalue weighted by Gasteiger charge is -2.23. The SMILES string of the molecule is CSCC[C@H](NC(=O)[C@H](CCCCN)NC(=O)Cc1cc(F)ccc1F)B(O)O. The molecule has 2 amide bonds. The van der Waals surface area contributed by atoms with Gasteiger partial charge in [-0.3, -0.25) is 9.59 Å². The van der Waals surface area contributed by atoms with Crippen molar-refractivity contribution in [3.8, 4) is 0 Å². The number of amides is 2. The Morgan fingerprint density at radius 1 is 1.21 bits per heavy atom. The summed E-state index contributed by atoms with van der Waals surface area (Å²) in [6, 6.07) is 1.86. The fourth-order valence-corrected chi connectivity index (χ4v) is 3.17. The molecule has 0 saturated carbocycles. The quantitative estimate of drug-likeness (QED) is 0.227. The fourth-order valence-electron chi connectivity index (χ4n) is 2.68. The van der Waals surface area contributed by atoms with Gasteiger partial charge in [-0.05, 0) is 62.4 Å². The maximum absolute atomic E-state index is 13.8. The summed E-state index contributed by atoms with van der Waals surface area (Å²) in [5.74, 6) is -2.89. The first-order chi connectivity index (χ1) is 13.8. The van der Waals surface area contributed by atoms with Crippen LogP contribution in [0.25, 0.3) is 0 Å². The van der Waals surface area contributed by atoms with Crippen LogP contribution in [-0.2, 0) is 16.0 Å². The molecule has 0 fully saturated rings. The van der Waals surface area contributed by atoms with Crippen molar-refractivity contribution in [2.24, 2.45) is 5.73 Å². The first-order valence-corrected chi connectivity index (χ1v) is 10.8. The lowest BCUT2D eigenvalue weighted by Crippen LogP contribution is -2.54. The number of thioether (sulfide) groups is 1. The standard InChI is InChI=1S/C18H28BF2N3O4S/c1-29-9-7-16(19(27)28)24-18(26)15(4-2-3-8-22)23-17(25)11-12-10-13(20)5-6-14(12)21/h5-6,10,15-16,27-28H,2-4,7-9,11,22H2,1H3,(H,23,25)(H,24,26)/t15-,16-/m0/s1. The third-order valence-electron chi connectivity index (χ3n) is 4.28. The Kier molecular flexibility index (Phi) is 11.8. The maximum atomic E-state index is 13.8. The molecule has 6 N–H and O–H groups in total. The van der Waals surface area contributed by atoms with Gasteiger partial charge in [-0.15, -0.1) is 0 Å². The molecule has 0 unspecified atom stereocenters. The van der Waals surface area contributed by atoms with Crippen molar-refractivity contribution < 1.29 is 28.4 Å². The van der Waals surface area contributed by atoms with E-state index in [9.17, 15) is 28.4 Å². The lowest BCUT2D eigenvalue weighted by molar-refractivity contribution is -0.129. The molecule has 0 aromatic heterocycles. The molecule has 0 aliphatic carbocycles. The highest BCUT2D eigenvalue weighted by molar-refractivity contribution is 7.98. The van der Waals surface area contributed by atoms with Crippen molar-refractivity contribution in [3.63, 3.8) is 0 Å². The van der Waals surface area contributed by atoms with Gasteiger partial charge in [0.15, 0.2) is 0 Å². The Morgan fingerprint density at radius 2 is 1.93 bits per heavy atom. The minimum atomic E-state index is -1.74. The van der Waals surface area contributed by atoms with E-state index in [-0.39, 0.29) is 12.0 Å². The number of nitrogens with two attached hydrogens (primary N) is 1. The van der Waals surface area contributed by atoms with Gasteiger partial charge in [0.1, 0.15) is 17.7 Å². The molecule has 0 bridgehead atoms. The molecule has 7 nitrogen and oxygen atoms in total. The molecule has 29 heavy (non-hydrogen) atoms. The molecule has 0 radical (unpaired) electrons. The van der Waals surface area contributed by atoms with Crippen LogP contribution in [0.15, 0.2) is 18.2 Å². The van der Waals surface area contributed by atoms with Crippen LogP contribution in [0.4, 0.5) is 8.78 Å². The zero-order chi connectivity index (χ0) is 21.8. The highest BCUT2D eigenvalue weighted by Gasteiger charge is 2.29. The first kappa shape index (κ1) is 25.4. The normalized spacial score (nSPS) is 12.9. The molecule has 1 aromatic rings. The van der Waals surface area contributed by atoms with Crippen molar-refractivity contribution >= 4 is 30.7 Å². The summed E-state index contributed by atoms with van der Waals surface area (Å²) < 4.78 is 27.0. The molecular weight excluding hydrogens is 403 g/mol. The first-order valence-electron chi connectivity index (χ1n) is 9.37. The number of carbonyl (C=O) groups excluding carboxylic acids is 2. The minimum Gasteiger partial charge on any atom is -0.426 e. The molecule has 0 spiro atoms. The zero-order valence-corrected chi connectivity index (χ0v) is 17.2. The van der Waals surface area contributed by atoms with E-state index in [1.54, 1.807) is 0 Å². The number of hydrogen-bond donors (Lipinski definition) is 5. The molecule has 0 saturated heterocycles. The van der Waals surface area contributed by atoms with Crippen LogP contribution in [0.2, 0.25) is 0 Å². The van der Waals surface area contributed by atoms with Crippen LogP contribution in [0.5, 0.6) is 0 Å². The second-order valence-corrected chi connectivity index (χ2v) is 7.61. The Labute approximate surface area is 174 Å². The van der Waals surface area contributed by atoms with Crippen molar-refractivity contribution in [1.82, 2.24) is 10.6 Å². The predicted octanol–water partition coefficient (Wildman–Crippen LogP) is 0.371. The van der Waals surface area contributed by atoms with E-state index < -0.39 is 49.0 Å². The summed E-state index contributed by atoms with van der Waals surface area (Å²) in [6.45, 7) is 0.419. The second-order valence-electron chi connectivity index (χ2n) is 6.63. The van der Waals surface area contributed by atoms with Gasteiger partial charge >= 0.3 is 7.12 Å². The van der Waals surface area contributed by atoms with Crippen LogP contribution in [0.3, 0.4) is 0 Å². The molecular formula is C18H28BF2N3O4S. The Morgan fingerprint density at radius 3 is 2.55 bits per heavy atom. The molecule has 2 atom stereocenters. The van der Waals surface area contributed by atoms with Crippen molar-refractivity contribution in [2.75, 3.05) is 18.6 Å². The Bertz CT molecular complexity index is 670. The molecule has 0 aliphatic heterocycles. The van der Waals surface area contributed by atoms with Gasteiger partial charge in [0.2, 0.25) is 11.8 Å². The number of unbranched alkanes of at least 4 members (excludes halogenated alkanes) is 1. The highest BCUT2D eigenvalue weighted by Crippen LogP contribution is 2.11. The average Bonchev–Trinajstić information content (AvgIpc) is 2.66. The average molecular weight is 431 g/mol. The fraction of sp³-hybridized carbons (Fsp3) is 0.556. The number of benzene rings is 1. The molecule has 162 valence electrons. The van der Waals surface area contributed by atoms with E-state index in [0.29, 0.717) is 31.6 Å². The van der Waals surface area contributed by atoms with Crippen LogP contribution in [0.1, 0.15) is 31.2 Å². The van der Waals surface area contributed by atoms with E-state index in [4.69, 9.17) is 5.73 Å². The van der Waals surface area contributed by atoms with Gasteiger partial charge in [-0.2, -0.15) is 11.8 Å². The highest BCUT2D eigenvalue weighted by atomic mass is 32.2. The summed E-state index contributed by atoms with van der Waals surface area (Å²) in [7, 11) is -1.74. The molecule has 1 aromatic carbocycles. The van der Waals surface area contributed by atoms with Crippen LogP contribution >= 0.6 is 11.8 Å². The van der Waals surface area contributed by atoms with E-state index in [0.717, 1.165) is 18.2 Å². The summed E-state index contributed by atoms with van der Waals surface area (Å²) in [6.07, 6.45) is 3.23. The van der Waals surface area contributed by atoms with Crippen LogP contribution in [0, 0.1) is 11.6 Å². The largest absolute Gasteiger partial charge is 0.475 e. The summed E-state index contributed by atoms with van der Waals surface area (Å²) >= 11 is 1.49. The monoisotopic (exact) mass is 431 g/mol. The smallest absolute Gasteiger partial charge is 0.426 e. The van der Waals surface area contributed by atoms with Crippen molar-refractivity contribution in [2.45, 2.75) is 44.1 Å². The minimum absolute atomic E-state index is 0.118. The lowest BCUT2D eigenvalue weighted by atomic mass is 9.77. The molecule has 11 heteroatoms. The van der Waals surface area contributed by atoms with E-state index in [1.165, 1.54) is 11.8 Å². The summed E-state index contributed by atoms with van der Waals surface area (Å²) in [5, 5.41) is 24.0. The van der Waals surface area contributed by atoms with Crippen molar-refractivity contribution in [3.05, 3.63) is 35.4 Å². The number of rotatable bonds is 13. The van der Waals surface area contributed by atoms with E-state index in [1.807, 2.05) is 6.26 Å². The number of carbonyl (C=O) groups is 2. The topological polar surface area (TPSA) is 125 Å². The Balaban J connectivity index is 2.80. The molecule has 0 aliphatic rings. The van der Waals surface area contributed by atoms with E-state index >= 15 is 0 Å². The van der Waals surface area contributed by atoms with Gasteiger partial charge in [0.25, 0.3) is 0 Å². The molecule has 0 heterocycles. The Hall–Kier alpha value is -1.69. The maximum Gasteiger partial charge on any atom is 0.475 e. The van der Waals surface area contributed by atoms with Crippen LogP contribution < -0.4 is 16.4 Å². The number of nitrogens with one attached hydrogen (secondary N) is 2. The second kappa shape index (κ2) is 13.5. The van der Waals surface area contributed by atoms with Crippen LogP contribution in [-0.4, -0.2) is 59.5 Å². The van der Waals surface area contributed by atoms with Gasteiger partial charge < -0.3 is 26.4 Å². The van der Waals surface area contributed by atoms with E-state index in [2.05, 4.69) is 10.6 Å². The third-order valence-corrected chi connectivity index (χ3v) is 4.92. The third kappa shape index (κ3) is 9.57. The number of hydrogen-bond acceptors (Lipinski definition) is 6. The van der Waals surface area contributed by atoms with Gasteiger partial charge in [0, 0.05) is 5.56 Å².